The van der Waals surface area contributed by atoms with E-state index in [4.69, 9.17) is 17.0 Å². The van der Waals surface area contributed by atoms with Crippen molar-refractivity contribution < 1.29 is 4.74 Å². The number of pyridine rings is 1. The second-order valence-electron chi connectivity index (χ2n) is 7.21. The minimum absolute atomic E-state index is 0.127. The predicted molar refractivity (Wildman–Crippen MR) is 129 cm³/mol. The number of para-hydroxylation sites is 1. The highest BCUT2D eigenvalue weighted by atomic mass is 32.1. The highest BCUT2D eigenvalue weighted by molar-refractivity contribution is 7.80. The Labute approximate surface area is 186 Å². The largest absolute Gasteiger partial charge is 0.497 e. The van der Waals surface area contributed by atoms with Gasteiger partial charge in [0.15, 0.2) is 5.11 Å². The molecule has 6 heteroatoms. The maximum absolute atomic E-state index is 12.8. The molecule has 4 aromatic rings. The summed E-state index contributed by atoms with van der Waals surface area (Å²) in [5.41, 5.74) is 3.29. The van der Waals surface area contributed by atoms with Crippen molar-refractivity contribution in [1.29, 1.82) is 0 Å². The van der Waals surface area contributed by atoms with Crippen LogP contribution in [0.2, 0.25) is 0 Å². The highest BCUT2D eigenvalue weighted by Crippen LogP contribution is 2.20. The number of hydrogen-bond donors (Lipinski definition) is 2. The quantitative estimate of drug-likeness (QED) is 0.426. The molecule has 1 aromatic heterocycles. The molecule has 4 rings (SSSR count). The molecule has 2 N–H and O–H groups in total. The van der Waals surface area contributed by atoms with E-state index in [9.17, 15) is 4.79 Å². The van der Waals surface area contributed by atoms with Crippen LogP contribution in [-0.2, 0) is 13.1 Å². The lowest BCUT2D eigenvalue weighted by atomic mass is 10.1. The molecule has 0 fully saturated rings. The number of H-pyrrole nitrogens is 1. The molecule has 0 unspecified atom stereocenters. The van der Waals surface area contributed by atoms with Crippen LogP contribution in [0.1, 0.15) is 11.1 Å². The van der Waals surface area contributed by atoms with Crippen molar-refractivity contribution in [1.82, 2.24) is 9.88 Å². The fraction of sp³-hybridized carbons (Fsp3) is 0.120. The van der Waals surface area contributed by atoms with Crippen molar-refractivity contribution >= 4 is 33.9 Å². The Bertz CT molecular complexity index is 1240. The van der Waals surface area contributed by atoms with Crippen molar-refractivity contribution in [2.75, 3.05) is 12.4 Å². The number of nitrogens with one attached hydrogen (secondary N) is 2. The van der Waals surface area contributed by atoms with Gasteiger partial charge < -0.3 is 19.9 Å². The van der Waals surface area contributed by atoms with Crippen molar-refractivity contribution in [2.45, 2.75) is 13.1 Å². The molecule has 0 aliphatic heterocycles. The van der Waals surface area contributed by atoms with E-state index in [0.29, 0.717) is 23.8 Å². The number of aromatic amines is 1. The number of nitrogens with zero attached hydrogens (tertiary/aromatic N) is 1. The maximum atomic E-state index is 12.8. The number of fused-ring (bicyclic) bond motifs is 1. The van der Waals surface area contributed by atoms with Gasteiger partial charge in [-0.3, -0.25) is 4.79 Å². The van der Waals surface area contributed by atoms with E-state index in [1.54, 1.807) is 7.11 Å². The third-order valence-electron chi connectivity index (χ3n) is 5.02. The number of hydrogen-bond acceptors (Lipinski definition) is 3. The van der Waals surface area contributed by atoms with E-state index >= 15 is 0 Å². The van der Waals surface area contributed by atoms with Gasteiger partial charge in [-0.2, -0.15) is 0 Å². The van der Waals surface area contributed by atoms with E-state index in [-0.39, 0.29) is 5.56 Å². The van der Waals surface area contributed by atoms with Crippen molar-refractivity contribution in [3.8, 4) is 5.75 Å². The van der Waals surface area contributed by atoms with Crippen LogP contribution in [0.4, 0.5) is 5.69 Å². The van der Waals surface area contributed by atoms with Gasteiger partial charge in [-0.1, -0.05) is 48.5 Å². The Morgan fingerprint density at radius 2 is 1.68 bits per heavy atom. The maximum Gasteiger partial charge on any atom is 0.253 e. The predicted octanol–water partition coefficient (Wildman–Crippen LogP) is 4.94. The first-order valence-corrected chi connectivity index (χ1v) is 10.4. The average molecular weight is 430 g/mol. The first kappa shape index (κ1) is 20.6. The molecule has 0 amide bonds. The number of ether oxygens (including phenoxy) is 1. The summed E-state index contributed by atoms with van der Waals surface area (Å²) in [5.74, 6) is 0.743. The molecular weight excluding hydrogens is 406 g/mol. The van der Waals surface area contributed by atoms with Gasteiger partial charge in [-0.05, 0) is 54.2 Å². The van der Waals surface area contributed by atoms with E-state index in [2.05, 4.69) is 10.3 Å². The Balaban J connectivity index is 1.65. The van der Waals surface area contributed by atoms with Crippen LogP contribution in [0.3, 0.4) is 0 Å². The molecular formula is C25H23N3O2S. The summed E-state index contributed by atoms with van der Waals surface area (Å²) in [6.07, 6.45) is 0. The van der Waals surface area contributed by atoms with Crippen molar-refractivity contribution in [3.05, 3.63) is 106 Å². The number of thiocarbonyl (C=S) groups is 1. The molecule has 0 saturated carbocycles. The Morgan fingerprint density at radius 1 is 0.968 bits per heavy atom. The molecule has 1 heterocycles. The van der Waals surface area contributed by atoms with Crippen LogP contribution < -0.4 is 15.6 Å². The van der Waals surface area contributed by atoms with Crippen LogP contribution >= 0.6 is 12.2 Å². The van der Waals surface area contributed by atoms with E-state index < -0.39 is 0 Å². The van der Waals surface area contributed by atoms with Gasteiger partial charge in [0.25, 0.3) is 5.56 Å². The Hall–Kier alpha value is -3.64. The van der Waals surface area contributed by atoms with Gasteiger partial charge in [0, 0.05) is 28.7 Å². The standard InChI is InChI=1S/C25H23N3O2S/c1-30-22-12-13-23-19(15-22)14-20(24(29)27-23)17-28(16-18-8-4-2-5-9-18)25(31)26-21-10-6-3-7-11-21/h2-15H,16-17H2,1H3,(H,26,31)(H,27,29). The lowest BCUT2D eigenvalue weighted by Crippen LogP contribution is -2.35. The smallest absolute Gasteiger partial charge is 0.253 e. The van der Waals surface area contributed by atoms with Crippen LogP contribution in [0.15, 0.2) is 89.7 Å². The summed E-state index contributed by atoms with van der Waals surface area (Å²) in [7, 11) is 1.63. The van der Waals surface area contributed by atoms with Gasteiger partial charge in [-0.15, -0.1) is 0 Å². The Morgan fingerprint density at radius 3 is 2.39 bits per heavy atom. The molecule has 0 aliphatic rings. The van der Waals surface area contributed by atoms with Crippen molar-refractivity contribution in [3.63, 3.8) is 0 Å². The molecule has 156 valence electrons. The van der Waals surface area contributed by atoms with Gasteiger partial charge >= 0.3 is 0 Å². The summed E-state index contributed by atoms with van der Waals surface area (Å²) in [6, 6.07) is 27.4. The third kappa shape index (κ3) is 5.10. The number of rotatable bonds is 6. The molecule has 0 bridgehead atoms. The molecule has 5 nitrogen and oxygen atoms in total. The van der Waals surface area contributed by atoms with E-state index in [0.717, 1.165) is 27.9 Å². The molecule has 0 atom stereocenters. The van der Waals surface area contributed by atoms with Crippen molar-refractivity contribution in [2.24, 2.45) is 0 Å². The van der Waals surface area contributed by atoms with Gasteiger partial charge in [0.05, 0.1) is 13.7 Å². The second kappa shape index (κ2) is 9.45. The average Bonchev–Trinajstić information content (AvgIpc) is 2.80. The molecule has 0 spiro atoms. The highest BCUT2D eigenvalue weighted by Gasteiger charge is 2.14. The molecule has 0 aliphatic carbocycles. The lowest BCUT2D eigenvalue weighted by Gasteiger charge is -2.26. The monoisotopic (exact) mass is 429 g/mol. The van der Waals surface area contributed by atoms with Crippen LogP contribution in [0.25, 0.3) is 10.9 Å². The summed E-state index contributed by atoms with van der Waals surface area (Å²) >= 11 is 5.72. The lowest BCUT2D eigenvalue weighted by molar-refractivity contribution is 0.411. The van der Waals surface area contributed by atoms with Gasteiger partial charge in [-0.25, -0.2) is 0 Å². The van der Waals surface area contributed by atoms with Crippen LogP contribution in [0, 0.1) is 0 Å². The van der Waals surface area contributed by atoms with Gasteiger partial charge in [0.2, 0.25) is 0 Å². The first-order chi connectivity index (χ1) is 15.1. The summed E-state index contributed by atoms with van der Waals surface area (Å²) < 4.78 is 5.32. The summed E-state index contributed by atoms with van der Waals surface area (Å²) in [4.78, 5) is 17.7. The molecule has 31 heavy (non-hydrogen) atoms. The third-order valence-corrected chi connectivity index (χ3v) is 5.38. The number of aromatic nitrogens is 1. The number of anilines is 1. The summed E-state index contributed by atoms with van der Waals surface area (Å²) in [6.45, 7) is 0.950. The molecule has 3 aromatic carbocycles. The topological polar surface area (TPSA) is 57.4 Å². The zero-order chi connectivity index (χ0) is 21.6. The fourth-order valence-electron chi connectivity index (χ4n) is 3.41. The van der Waals surface area contributed by atoms with E-state index in [1.165, 1.54) is 0 Å². The molecule has 0 saturated heterocycles. The minimum Gasteiger partial charge on any atom is -0.497 e. The normalized spacial score (nSPS) is 10.6. The number of methoxy groups -OCH3 is 1. The summed E-state index contributed by atoms with van der Waals surface area (Å²) in [5, 5.41) is 4.75. The first-order valence-electron chi connectivity index (χ1n) is 9.97. The van der Waals surface area contributed by atoms with Crippen LogP contribution in [-0.4, -0.2) is 22.1 Å². The van der Waals surface area contributed by atoms with E-state index in [1.807, 2.05) is 89.8 Å². The SMILES string of the molecule is COc1ccc2[nH]c(=O)c(CN(Cc3ccccc3)C(=S)Nc3ccccc3)cc2c1. The fourth-order valence-corrected chi connectivity index (χ4v) is 3.65. The second-order valence-corrected chi connectivity index (χ2v) is 7.60. The zero-order valence-electron chi connectivity index (χ0n) is 17.2. The minimum atomic E-state index is -0.127. The van der Waals surface area contributed by atoms with Crippen LogP contribution in [0.5, 0.6) is 5.75 Å². The van der Waals surface area contributed by atoms with Gasteiger partial charge in [0.1, 0.15) is 5.75 Å². The molecule has 0 radical (unpaired) electrons. The zero-order valence-corrected chi connectivity index (χ0v) is 18.0. The number of benzene rings is 3. The Kier molecular flexibility index (Phi) is 6.29.